The highest BCUT2D eigenvalue weighted by atomic mass is 15.2. The standard InChI is InChI=1S/C11H15N5.2H3N3/c1-2-8(12-3-1)9(10-13-4-5-14-10)11-15-6-7-16-11;2*1-3-2/h1-7,9-16H;2*(H3,1,2). The summed E-state index contributed by atoms with van der Waals surface area (Å²) in [6.45, 7) is 0. The van der Waals surface area contributed by atoms with Crippen molar-refractivity contribution in [2.24, 2.45) is 22.1 Å². The first kappa shape index (κ1) is 16.8. The topological polar surface area (TPSA) is 188 Å². The van der Waals surface area contributed by atoms with E-state index < -0.39 is 0 Å². The fourth-order valence-corrected chi connectivity index (χ4v) is 2.22. The van der Waals surface area contributed by atoms with E-state index in [1.165, 1.54) is 5.69 Å². The van der Waals surface area contributed by atoms with E-state index in [9.17, 15) is 0 Å². The van der Waals surface area contributed by atoms with Crippen molar-refractivity contribution in [2.75, 3.05) is 0 Å². The smallest absolute Gasteiger partial charge is 0.108 e. The minimum absolute atomic E-state index is 0.198. The molecule has 0 saturated carbocycles. The molecule has 3 rings (SSSR count). The highest BCUT2D eigenvalue weighted by Gasteiger charge is 2.32. The van der Waals surface area contributed by atoms with Crippen LogP contribution in [0.5, 0.6) is 0 Å². The summed E-state index contributed by atoms with van der Waals surface area (Å²) in [4.78, 5) is 3.28. The maximum Gasteiger partial charge on any atom is 0.108 e. The summed E-state index contributed by atoms with van der Waals surface area (Å²) < 4.78 is 0. The summed E-state index contributed by atoms with van der Waals surface area (Å²) in [5.41, 5.74) is 12.4. The second kappa shape index (κ2) is 9.63. The molecule has 0 spiro atoms. The molecule has 2 aliphatic rings. The van der Waals surface area contributed by atoms with E-state index >= 15 is 0 Å². The fourth-order valence-electron chi connectivity index (χ4n) is 2.22. The minimum atomic E-state index is 0.198. The van der Waals surface area contributed by atoms with Gasteiger partial charge >= 0.3 is 0 Å². The lowest BCUT2D eigenvalue weighted by Gasteiger charge is -2.29. The van der Waals surface area contributed by atoms with Crippen molar-refractivity contribution >= 4 is 0 Å². The zero-order valence-corrected chi connectivity index (χ0v) is 11.8. The number of aromatic nitrogens is 1. The lowest BCUT2D eigenvalue weighted by molar-refractivity contribution is 0.356. The average Bonchev–Trinajstić information content (AvgIpc) is 3.26. The second-order valence-electron chi connectivity index (χ2n) is 4.20. The van der Waals surface area contributed by atoms with Crippen LogP contribution >= 0.6 is 0 Å². The SMILES string of the molecule is C1=CNC(C(c2ccc[nH]2)C2NC=CN2)N1.N=NN.N=NN. The van der Waals surface area contributed by atoms with Crippen molar-refractivity contribution in [3.05, 3.63) is 48.8 Å². The van der Waals surface area contributed by atoms with Crippen molar-refractivity contribution in [1.82, 2.24) is 26.3 Å². The molecule has 0 aliphatic carbocycles. The number of H-pyrrole nitrogens is 1. The largest absolute Gasteiger partial charge is 0.370 e. The lowest BCUT2D eigenvalue weighted by atomic mass is 9.98. The Kier molecular flexibility index (Phi) is 7.36. The molecule has 1 aromatic heterocycles. The molecule has 0 fully saturated rings. The number of hydrogen-bond acceptors (Lipinski definition) is 8. The van der Waals surface area contributed by atoms with Crippen LogP contribution in [-0.2, 0) is 0 Å². The summed E-state index contributed by atoms with van der Waals surface area (Å²) in [6.07, 6.45) is 10.1. The van der Waals surface area contributed by atoms with Crippen LogP contribution in [0.15, 0.2) is 53.6 Å². The molecular formula is C11H21N11. The first-order valence-electron chi connectivity index (χ1n) is 6.39. The maximum absolute atomic E-state index is 5.61. The van der Waals surface area contributed by atoms with Gasteiger partial charge in [-0.1, -0.05) is 10.4 Å². The molecule has 11 heteroatoms. The molecule has 0 amide bonds. The summed E-state index contributed by atoms with van der Waals surface area (Å²) >= 11 is 0. The number of aromatic amines is 1. The highest BCUT2D eigenvalue weighted by Crippen LogP contribution is 2.22. The molecule has 22 heavy (non-hydrogen) atoms. The number of nitrogens with zero attached hydrogens (tertiary/aromatic N) is 2. The Labute approximate surface area is 127 Å². The molecule has 0 bridgehead atoms. The number of nitrogens with one attached hydrogen (secondary N) is 7. The highest BCUT2D eigenvalue weighted by molar-refractivity contribution is 5.19. The van der Waals surface area contributed by atoms with Crippen molar-refractivity contribution in [1.29, 1.82) is 11.1 Å². The predicted molar refractivity (Wildman–Crippen MR) is 80.6 cm³/mol. The monoisotopic (exact) mass is 307 g/mol. The van der Waals surface area contributed by atoms with Crippen molar-refractivity contribution < 1.29 is 0 Å². The van der Waals surface area contributed by atoms with Crippen molar-refractivity contribution in [3.8, 4) is 0 Å². The van der Waals surface area contributed by atoms with Gasteiger partial charge in [0.15, 0.2) is 0 Å². The number of rotatable bonds is 3. The molecule has 3 heterocycles. The molecule has 1 aromatic rings. The first-order valence-corrected chi connectivity index (χ1v) is 6.39. The molecule has 0 atom stereocenters. The number of hydrogen-bond donors (Lipinski definition) is 9. The van der Waals surface area contributed by atoms with Gasteiger partial charge in [0.25, 0.3) is 0 Å². The van der Waals surface area contributed by atoms with Crippen LogP contribution in [0.2, 0.25) is 0 Å². The van der Waals surface area contributed by atoms with Crippen LogP contribution in [0.25, 0.3) is 0 Å². The van der Waals surface area contributed by atoms with Gasteiger partial charge in [-0.05, 0) is 12.1 Å². The minimum Gasteiger partial charge on any atom is -0.370 e. The maximum atomic E-state index is 5.61. The van der Waals surface area contributed by atoms with E-state index in [0.717, 1.165) is 0 Å². The van der Waals surface area contributed by atoms with Crippen molar-refractivity contribution in [3.63, 3.8) is 0 Å². The van der Waals surface area contributed by atoms with Gasteiger partial charge in [-0.2, -0.15) is 11.1 Å². The van der Waals surface area contributed by atoms with Crippen LogP contribution < -0.4 is 33.0 Å². The van der Waals surface area contributed by atoms with Crippen LogP contribution in [0, 0.1) is 11.1 Å². The van der Waals surface area contributed by atoms with E-state index in [0.29, 0.717) is 0 Å². The summed E-state index contributed by atoms with van der Waals surface area (Å²) in [6, 6.07) is 4.13. The van der Waals surface area contributed by atoms with Gasteiger partial charge in [-0.3, -0.25) is 0 Å². The zero-order chi connectivity index (χ0) is 16.2. The molecule has 120 valence electrons. The Balaban J connectivity index is 0.000000353. The van der Waals surface area contributed by atoms with Gasteiger partial charge < -0.3 is 37.9 Å². The lowest BCUT2D eigenvalue weighted by Crippen LogP contribution is -2.49. The first-order chi connectivity index (χ1) is 10.8. The van der Waals surface area contributed by atoms with Crippen LogP contribution in [-0.4, -0.2) is 17.3 Å². The van der Waals surface area contributed by atoms with Crippen LogP contribution in [0.1, 0.15) is 11.6 Å². The van der Waals surface area contributed by atoms with Gasteiger partial charge in [0.1, 0.15) is 12.3 Å². The molecule has 2 aliphatic heterocycles. The normalized spacial score (nSPS) is 15.3. The zero-order valence-electron chi connectivity index (χ0n) is 11.8. The predicted octanol–water partition coefficient (Wildman–Crippen LogP) is -0.139. The van der Waals surface area contributed by atoms with Crippen LogP contribution in [0.4, 0.5) is 0 Å². The quantitative estimate of drug-likeness (QED) is 0.212. The molecule has 0 aromatic carbocycles. The molecule has 0 unspecified atom stereocenters. The van der Waals surface area contributed by atoms with E-state index in [1.54, 1.807) is 0 Å². The Morgan fingerprint density at radius 2 is 1.32 bits per heavy atom. The van der Waals surface area contributed by atoms with Crippen LogP contribution in [0.3, 0.4) is 0 Å². The van der Waals surface area contributed by atoms with Gasteiger partial charge in [0.2, 0.25) is 0 Å². The second-order valence-corrected chi connectivity index (χ2v) is 4.20. The summed E-state index contributed by atoms with van der Waals surface area (Å²) in [5.74, 6) is 8.56. The third-order valence-corrected chi connectivity index (χ3v) is 2.97. The van der Waals surface area contributed by atoms with Gasteiger partial charge in [-0.25, -0.2) is 0 Å². The molecular weight excluding hydrogens is 286 g/mol. The molecule has 11 N–H and O–H groups in total. The Morgan fingerprint density at radius 1 is 0.909 bits per heavy atom. The van der Waals surface area contributed by atoms with Gasteiger partial charge in [0.05, 0.1) is 5.92 Å². The molecule has 0 radical (unpaired) electrons. The fraction of sp³-hybridized carbons (Fsp3) is 0.273. The van der Waals surface area contributed by atoms with E-state index in [1.807, 2.05) is 37.1 Å². The number of nitrogens with two attached hydrogens (primary N) is 2. The van der Waals surface area contributed by atoms with Gasteiger partial charge in [0, 0.05) is 36.7 Å². The third-order valence-electron chi connectivity index (χ3n) is 2.97. The van der Waals surface area contributed by atoms with Crippen molar-refractivity contribution in [2.45, 2.75) is 18.2 Å². The molecule has 11 nitrogen and oxygen atoms in total. The Bertz CT molecular complexity index is 436. The molecule has 0 saturated heterocycles. The summed E-state index contributed by atoms with van der Waals surface area (Å²) in [5, 5.41) is 17.7. The van der Waals surface area contributed by atoms with E-state index in [-0.39, 0.29) is 18.2 Å². The average molecular weight is 307 g/mol. The Hall–Kier alpha value is -3.24. The Morgan fingerprint density at radius 3 is 1.64 bits per heavy atom. The van der Waals surface area contributed by atoms with E-state index in [2.05, 4.69) is 54.4 Å². The third kappa shape index (κ3) is 4.70. The summed E-state index contributed by atoms with van der Waals surface area (Å²) in [7, 11) is 0. The van der Waals surface area contributed by atoms with Gasteiger partial charge in [-0.15, -0.1) is 0 Å². The van der Waals surface area contributed by atoms with E-state index in [4.69, 9.17) is 11.1 Å².